The van der Waals surface area contributed by atoms with E-state index in [9.17, 15) is 18.0 Å². The first-order valence-electron chi connectivity index (χ1n) is 10.6. The molecular formula is C24H25F3N2O3. The fourth-order valence-corrected chi connectivity index (χ4v) is 3.98. The molecule has 1 fully saturated rings. The van der Waals surface area contributed by atoms with Crippen LogP contribution in [0, 0.1) is 0 Å². The third kappa shape index (κ3) is 5.49. The van der Waals surface area contributed by atoms with Crippen molar-refractivity contribution >= 4 is 12.0 Å². The zero-order valence-corrected chi connectivity index (χ0v) is 17.5. The van der Waals surface area contributed by atoms with Gasteiger partial charge in [-0.1, -0.05) is 18.2 Å². The van der Waals surface area contributed by atoms with Crippen molar-refractivity contribution in [2.45, 2.75) is 18.6 Å². The van der Waals surface area contributed by atoms with E-state index in [4.69, 9.17) is 9.47 Å². The standard InChI is InChI=1S/C24H25F3N2O3/c25-24(26,27)20-5-3-18(4-6-20)21(29-10-13-31-14-11-29)16-28-23(30)8-2-17-1-7-22-19(15-17)9-12-32-22/h1-8,15,21H,9-14,16H2,(H,28,30)/b8-2+. The summed E-state index contributed by atoms with van der Waals surface area (Å²) in [6.45, 7) is 3.35. The Kier molecular flexibility index (Phi) is 6.81. The Balaban J connectivity index is 1.42. The number of nitrogens with zero attached hydrogens (tertiary/aromatic N) is 1. The predicted octanol–water partition coefficient (Wildman–Crippen LogP) is 3.84. The second-order valence-corrected chi connectivity index (χ2v) is 7.83. The van der Waals surface area contributed by atoms with Crippen LogP contribution in [0.3, 0.4) is 0 Å². The molecule has 0 spiro atoms. The predicted molar refractivity (Wildman–Crippen MR) is 114 cm³/mol. The number of benzene rings is 2. The Hall–Kier alpha value is -2.84. The number of ether oxygens (including phenoxy) is 2. The molecule has 0 bridgehead atoms. The number of fused-ring (bicyclic) bond motifs is 1. The number of rotatable bonds is 6. The smallest absolute Gasteiger partial charge is 0.416 e. The highest BCUT2D eigenvalue weighted by molar-refractivity contribution is 5.91. The molecule has 2 heterocycles. The lowest BCUT2D eigenvalue weighted by atomic mass is 10.0. The van der Waals surface area contributed by atoms with Gasteiger partial charge in [-0.3, -0.25) is 9.69 Å². The molecule has 0 radical (unpaired) electrons. The van der Waals surface area contributed by atoms with E-state index in [2.05, 4.69) is 10.2 Å². The summed E-state index contributed by atoms with van der Waals surface area (Å²) in [4.78, 5) is 14.6. The lowest BCUT2D eigenvalue weighted by Crippen LogP contribution is -2.43. The Morgan fingerprint density at radius 3 is 2.56 bits per heavy atom. The SMILES string of the molecule is O=C(/C=C/c1ccc2c(c1)CCO2)NCC(c1ccc(C(F)(F)F)cc1)N1CCOCC1. The summed E-state index contributed by atoms with van der Waals surface area (Å²) in [5.74, 6) is 0.628. The van der Waals surface area contributed by atoms with Crippen LogP contribution in [0.2, 0.25) is 0 Å². The third-order valence-electron chi connectivity index (χ3n) is 5.72. The van der Waals surface area contributed by atoms with Gasteiger partial charge in [0.25, 0.3) is 0 Å². The van der Waals surface area contributed by atoms with Crippen molar-refractivity contribution in [1.29, 1.82) is 0 Å². The first-order chi connectivity index (χ1) is 15.4. The summed E-state index contributed by atoms with van der Waals surface area (Å²) in [6, 6.07) is 10.7. The zero-order valence-electron chi connectivity index (χ0n) is 17.5. The number of halogens is 3. The Morgan fingerprint density at radius 2 is 1.84 bits per heavy atom. The monoisotopic (exact) mass is 446 g/mol. The van der Waals surface area contributed by atoms with E-state index in [0.29, 0.717) is 32.9 Å². The lowest BCUT2D eigenvalue weighted by Gasteiger charge is -2.35. The van der Waals surface area contributed by atoms with Gasteiger partial charge in [-0.15, -0.1) is 0 Å². The van der Waals surface area contributed by atoms with Gasteiger partial charge < -0.3 is 14.8 Å². The maximum absolute atomic E-state index is 12.9. The fraction of sp³-hybridized carbons (Fsp3) is 0.375. The van der Waals surface area contributed by atoms with Gasteiger partial charge in [0, 0.05) is 32.1 Å². The van der Waals surface area contributed by atoms with E-state index >= 15 is 0 Å². The molecule has 2 aliphatic heterocycles. The molecule has 4 rings (SSSR count). The molecule has 32 heavy (non-hydrogen) atoms. The number of alkyl halides is 3. The van der Waals surface area contributed by atoms with Crippen molar-refractivity contribution in [2.24, 2.45) is 0 Å². The van der Waals surface area contributed by atoms with Gasteiger partial charge >= 0.3 is 6.18 Å². The molecule has 1 amide bonds. The largest absolute Gasteiger partial charge is 0.493 e. The molecular weight excluding hydrogens is 421 g/mol. The first-order valence-corrected chi connectivity index (χ1v) is 10.6. The molecule has 1 unspecified atom stereocenters. The minimum atomic E-state index is -4.38. The highest BCUT2D eigenvalue weighted by Crippen LogP contribution is 2.31. The van der Waals surface area contributed by atoms with Crippen LogP contribution in [0.25, 0.3) is 6.08 Å². The molecule has 170 valence electrons. The van der Waals surface area contributed by atoms with Crippen molar-refractivity contribution in [3.8, 4) is 5.75 Å². The van der Waals surface area contributed by atoms with E-state index in [0.717, 1.165) is 41.0 Å². The number of hydrogen-bond donors (Lipinski definition) is 1. The normalized spacial score (nSPS) is 17.7. The number of morpholine rings is 1. The summed E-state index contributed by atoms with van der Waals surface area (Å²) < 4.78 is 49.7. The highest BCUT2D eigenvalue weighted by atomic mass is 19.4. The molecule has 1 N–H and O–H groups in total. The van der Waals surface area contributed by atoms with Crippen LogP contribution >= 0.6 is 0 Å². The zero-order chi connectivity index (χ0) is 22.6. The minimum absolute atomic E-state index is 0.240. The second-order valence-electron chi connectivity index (χ2n) is 7.83. The van der Waals surface area contributed by atoms with Crippen LogP contribution in [0.4, 0.5) is 13.2 Å². The highest BCUT2D eigenvalue weighted by Gasteiger charge is 2.31. The number of amides is 1. The molecule has 2 aromatic rings. The van der Waals surface area contributed by atoms with Crippen LogP contribution < -0.4 is 10.1 Å². The van der Waals surface area contributed by atoms with Crippen molar-refractivity contribution < 1.29 is 27.4 Å². The van der Waals surface area contributed by atoms with Crippen molar-refractivity contribution in [3.05, 3.63) is 70.8 Å². The summed E-state index contributed by atoms with van der Waals surface area (Å²) >= 11 is 0. The summed E-state index contributed by atoms with van der Waals surface area (Å²) in [5, 5.41) is 2.89. The summed E-state index contributed by atoms with van der Waals surface area (Å²) in [7, 11) is 0. The molecule has 2 aliphatic rings. The van der Waals surface area contributed by atoms with Crippen LogP contribution in [-0.4, -0.2) is 50.3 Å². The maximum atomic E-state index is 12.9. The average Bonchev–Trinajstić information content (AvgIpc) is 3.26. The van der Waals surface area contributed by atoms with Crippen LogP contribution in [0.5, 0.6) is 5.75 Å². The van der Waals surface area contributed by atoms with E-state index < -0.39 is 11.7 Å². The Morgan fingerprint density at radius 1 is 1.09 bits per heavy atom. The van der Waals surface area contributed by atoms with Crippen LogP contribution in [0.15, 0.2) is 48.5 Å². The van der Waals surface area contributed by atoms with Gasteiger partial charge in [0.15, 0.2) is 0 Å². The number of hydrogen-bond acceptors (Lipinski definition) is 4. The molecule has 0 aromatic heterocycles. The van der Waals surface area contributed by atoms with Crippen LogP contribution in [0.1, 0.15) is 28.3 Å². The molecule has 8 heteroatoms. The topological polar surface area (TPSA) is 50.8 Å². The summed E-state index contributed by atoms with van der Waals surface area (Å²) in [6.07, 6.45) is -0.302. The maximum Gasteiger partial charge on any atom is 0.416 e. The second kappa shape index (κ2) is 9.75. The van der Waals surface area contributed by atoms with Crippen molar-refractivity contribution in [3.63, 3.8) is 0 Å². The van der Waals surface area contributed by atoms with Gasteiger partial charge in [0.1, 0.15) is 5.75 Å². The van der Waals surface area contributed by atoms with Gasteiger partial charge in [-0.25, -0.2) is 0 Å². The number of carbonyl (C=O) groups excluding carboxylic acids is 1. The first kappa shape index (κ1) is 22.4. The van der Waals surface area contributed by atoms with Gasteiger partial charge in [-0.2, -0.15) is 13.2 Å². The van der Waals surface area contributed by atoms with E-state index in [1.54, 1.807) is 6.08 Å². The molecule has 1 atom stereocenters. The van der Waals surface area contributed by atoms with E-state index in [-0.39, 0.29) is 18.5 Å². The molecule has 0 aliphatic carbocycles. The average molecular weight is 446 g/mol. The van der Waals surface area contributed by atoms with E-state index in [1.165, 1.54) is 18.2 Å². The van der Waals surface area contributed by atoms with Gasteiger partial charge in [-0.05, 0) is 47.0 Å². The fourth-order valence-electron chi connectivity index (χ4n) is 3.98. The molecule has 1 saturated heterocycles. The minimum Gasteiger partial charge on any atom is -0.493 e. The molecule has 0 saturated carbocycles. The number of carbonyl (C=O) groups is 1. The van der Waals surface area contributed by atoms with Crippen LogP contribution in [-0.2, 0) is 22.1 Å². The number of nitrogens with one attached hydrogen (secondary N) is 1. The Bertz CT molecular complexity index is 967. The van der Waals surface area contributed by atoms with Crippen molar-refractivity contribution in [1.82, 2.24) is 10.2 Å². The quantitative estimate of drug-likeness (QED) is 0.685. The van der Waals surface area contributed by atoms with Gasteiger partial charge in [0.05, 0.1) is 31.4 Å². The molecule has 2 aromatic carbocycles. The van der Waals surface area contributed by atoms with Gasteiger partial charge in [0.2, 0.25) is 5.91 Å². The third-order valence-corrected chi connectivity index (χ3v) is 5.72. The van der Waals surface area contributed by atoms with E-state index in [1.807, 2.05) is 18.2 Å². The summed E-state index contributed by atoms with van der Waals surface area (Å²) in [5.41, 5.74) is 2.08. The Labute approximate surface area is 184 Å². The lowest BCUT2D eigenvalue weighted by molar-refractivity contribution is -0.137. The molecule has 5 nitrogen and oxygen atoms in total. The van der Waals surface area contributed by atoms with Crippen molar-refractivity contribution in [2.75, 3.05) is 39.5 Å².